The number of aryl methyl sites for hydroxylation is 1. The van der Waals surface area contributed by atoms with Crippen molar-refractivity contribution in [1.29, 1.82) is 0 Å². The molecule has 0 aliphatic carbocycles. The summed E-state index contributed by atoms with van der Waals surface area (Å²) in [4.78, 5) is 0. The molecule has 3 heteroatoms. The Morgan fingerprint density at radius 1 is 1.15 bits per heavy atom. The molecule has 0 bridgehead atoms. The Morgan fingerprint density at radius 3 is 2.35 bits per heavy atom. The summed E-state index contributed by atoms with van der Waals surface area (Å²) in [5.74, 6) is -0.301. The molecule has 0 spiro atoms. The summed E-state index contributed by atoms with van der Waals surface area (Å²) >= 11 is 3.23. The number of aliphatic hydroxyl groups is 1. The lowest BCUT2D eigenvalue weighted by Crippen LogP contribution is -2.24. The van der Waals surface area contributed by atoms with Gasteiger partial charge in [-0.3, -0.25) is 0 Å². The number of benzene rings is 2. The monoisotopic (exact) mass is 336 g/mol. The van der Waals surface area contributed by atoms with Crippen molar-refractivity contribution >= 4 is 15.9 Å². The van der Waals surface area contributed by atoms with E-state index < -0.39 is 5.60 Å². The molecule has 0 aliphatic heterocycles. The van der Waals surface area contributed by atoms with Crippen molar-refractivity contribution in [2.45, 2.75) is 32.3 Å². The van der Waals surface area contributed by atoms with E-state index in [0.717, 1.165) is 12.0 Å². The summed E-state index contributed by atoms with van der Waals surface area (Å²) in [6, 6.07) is 12.7. The standard InChI is InChI=1S/C17H18BrFO/c1-3-12-4-7-14(8-5-12)17(2,20)11-13-6-9-15(18)10-16(13)19/h4-10,20H,3,11H2,1-2H3. The van der Waals surface area contributed by atoms with Crippen molar-refractivity contribution in [3.8, 4) is 0 Å². The molecule has 1 unspecified atom stereocenters. The number of hydrogen-bond donors (Lipinski definition) is 1. The summed E-state index contributed by atoms with van der Waals surface area (Å²) in [6.07, 6.45) is 1.21. The van der Waals surface area contributed by atoms with Gasteiger partial charge in [-0.05, 0) is 42.2 Å². The van der Waals surface area contributed by atoms with Crippen molar-refractivity contribution in [2.75, 3.05) is 0 Å². The van der Waals surface area contributed by atoms with Gasteiger partial charge in [0.2, 0.25) is 0 Å². The van der Waals surface area contributed by atoms with Crippen molar-refractivity contribution in [2.24, 2.45) is 0 Å². The van der Waals surface area contributed by atoms with Gasteiger partial charge >= 0.3 is 0 Å². The van der Waals surface area contributed by atoms with Crippen LogP contribution in [0.1, 0.15) is 30.5 Å². The van der Waals surface area contributed by atoms with E-state index in [2.05, 4.69) is 22.9 Å². The highest BCUT2D eigenvalue weighted by Gasteiger charge is 2.24. The van der Waals surface area contributed by atoms with E-state index in [4.69, 9.17) is 0 Å². The maximum atomic E-state index is 13.9. The second-order valence-corrected chi connectivity index (χ2v) is 6.15. The Morgan fingerprint density at radius 2 is 1.80 bits per heavy atom. The van der Waals surface area contributed by atoms with Crippen LogP contribution < -0.4 is 0 Å². The lowest BCUT2D eigenvalue weighted by Gasteiger charge is -2.24. The van der Waals surface area contributed by atoms with E-state index in [0.29, 0.717) is 10.0 Å². The lowest BCUT2D eigenvalue weighted by atomic mass is 9.88. The molecule has 0 amide bonds. The van der Waals surface area contributed by atoms with Gasteiger partial charge in [-0.25, -0.2) is 4.39 Å². The molecule has 0 heterocycles. The molecule has 0 aromatic heterocycles. The van der Waals surface area contributed by atoms with Crippen molar-refractivity contribution in [1.82, 2.24) is 0 Å². The summed E-state index contributed by atoms with van der Waals surface area (Å²) < 4.78 is 14.6. The van der Waals surface area contributed by atoms with Gasteiger partial charge in [0.15, 0.2) is 0 Å². The molecular formula is C17H18BrFO. The smallest absolute Gasteiger partial charge is 0.127 e. The first-order chi connectivity index (χ1) is 9.42. The van der Waals surface area contributed by atoms with E-state index >= 15 is 0 Å². The summed E-state index contributed by atoms with van der Waals surface area (Å²) in [6.45, 7) is 3.81. The average molecular weight is 337 g/mol. The summed E-state index contributed by atoms with van der Waals surface area (Å²) in [7, 11) is 0. The third-order valence-corrected chi connectivity index (χ3v) is 4.03. The van der Waals surface area contributed by atoms with Crippen LogP contribution in [0.3, 0.4) is 0 Å². The SMILES string of the molecule is CCc1ccc(C(C)(O)Cc2ccc(Br)cc2F)cc1. The van der Waals surface area contributed by atoms with Crippen molar-refractivity contribution < 1.29 is 9.50 Å². The van der Waals surface area contributed by atoms with Crippen LogP contribution in [0.15, 0.2) is 46.9 Å². The second kappa shape index (κ2) is 6.06. The molecule has 0 fully saturated rings. The first kappa shape index (κ1) is 15.2. The van der Waals surface area contributed by atoms with E-state index in [1.807, 2.05) is 24.3 Å². The Hall–Kier alpha value is -1.19. The van der Waals surface area contributed by atoms with Gasteiger partial charge in [0.25, 0.3) is 0 Å². The highest BCUT2D eigenvalue weighted by atomic mass is 79.9. The lowest BCUT2D eigenvalue weighted by molar-refractivity contribution is 0.0567. The maximum Gasteiger partial charge on any atom is 0.127 e. The number of hydrogen-bond acceptors (Lipinski definition) is 1. The highest BCUT2D eigenvalue weighted by Crippen LogP contribution is 2.27. The summed E-state index contributed by atoms with van der Waals surface area (Å²) in [5.41, 5.74) is 1.45. The number of rotatable bonds is 4. The van der Waals surface area contributed by atoms with Crippen LogP contribution in [-0.4, -0.2) is 5.11 Å². The molecule has 1 nitrogen and oxygen atoms in total. The first-order valence-electron chi connectivity index (χ1n) is 6.68. The van der Waals surface area contributed by atoms with Crippen LogP contribution in [0.2, 0.25) is 0 Å². The normalized spacial score (nSPS) is 14.1. The van der Waals surface area contributed by atoms with Gasteiger partial charge in [-0.1, -0.05) is 53.2 Å². The van der Waals surface area contributed by atoms with Gasteiger partial charge in [-0.2, -0.15) is 0 Å². The van der Waals surface area contributed by atoms with Gasteiger partial charge in [0.05, 0.1) is 5.60 Å². The molecule has 1 N–H and O–H groups in total. The van der Waals surface area contributed by atoms with Crippen molar-refractivity contribution in [3.05, 3.63) is 69.4 Å². The molecule has 2 rings (SSSR count). The second-order valence-electron chi connectivity index (χ2n) is 5.24. The molecular weight excluding hydrogens is 319 g/mol. The van der Waals surface area contributed by atoms with E-state index in [1.54, 1.807) is 19.1 Å². The van der Waals surface area contributed by atoms with Gasteiger partial charge in [-0.15, -0.1) is 0 Å². The Balaban J connectivity index is 2.25. The summed E-state index contributed by atoms with van der Waals surface area (Å²) in [5, 5.41) is 10.6. The number of halogens is 2. The third-order valence-electron chi connectivity index (χ3n) is 3.53. The van der Waals surface area contributed by atoms with Crippen molar-refractivity contribution in [3.63, 3.8) is 0 Å². The fourth-order valence-electron chi connectivity index (χ4n) is 2.24. The zero-order valence-corrected chi connectivity index (χ0v) is 13.2. The van der Waals surface area contributed by atoms with E-state index in [1.165, 1.54) is 11.6 Å². The van der Waals surface area contributed by atoms with Gasteiger partial charge < -0.3 is 5.11 Å². The molecule has 1 atom stereocenters. The van der Waals surface area contributed by atoms with Gasteiger partial charge in [0.1, 0.15) is 5.82 Å². The van der Waals surface area contributed by atoms with Crippen LogP contribution in [-0.2, 0) is 18.4 Å². The quantitative estimate of drug-likeness (QED) is 0.864. The fourth-order valence-corrected chi connectivity index (χ4v) is 2.57. The first-order valence-corrected chi connectivity index (χ1v) is 7.47. The van der Waals surface area contributed by atoms with E-state index in [-0.39, 0.29) is 12.2 Å². The molecule has 0 saturated carbocycles. The molecule has 0 aliphatic rings. The predicted molar refractivity (Wildman–Crippen MR) is 83.2 cm³/mol. The topological polar surface area (TPSA) is 20.2 Å². The van der Waals surface area contributed by atoms with E-state index in [9.17, 15) is 9.50 Å². The third kappa shape index (κ3) is 3.47. The minimum Gasteiger partial charge on any atom is -0.385 e. The molecule has 2 aromatic carbocycles. The minimum absolute atomic E-state index is 0.248. The molecule has 0 saturated heterocycles. The zero-order chi connectivity index (χ0) is 14.8. The Bertz CT molecular complexity index is 590. The van der Waals surface area contributed by atoms with Crippen LogP contribution in [0, 0.1) is 5.82 Å². The largest absolute Gasteiger partial charge is 0.385 e. The Labute approximate surface area is 127 Å². The maximum absolute atomic E-state index is 13.9. The average Bonchev–Trinajstić information content (AvgIpc) is 2.42. The fraction of sp³-hybridized carbons (Fsp3) is 0.294. The molecule has 106 valence electrons. The van der Waals surface area contributed by atoms with Crippen LogP contribution in [0.5, 0.6) is 0 Å². The Kier molecular flexibility index (Phi) is 4.61. The van der Waals surface area contributed by atoms with Crippen LogP contribution >= 0.6 is 15.9 Å². The molecule has 2 aromatic rings. The molecule has 20 heavy (non-hydrogen) atoms. The minimum atomic E-state index is -1.08. The van der Waals surface area contributed by atoms with Crippen LogP contribution in [0.4, 0.5) is 4.39 Å². The van der Waals surface area contributed by atoms with Gasteiger partial charge in [0, 0.05) is 10.9 Å². The highest BCUT2D eigenvalue weighted by molar-refractivity contribution is 9.10. The van der Waals surface area contributed by atoms with Crippen LogP contribution in [0.25, 0.3) is 0 Å². The molecule has 0 radical (unpaired) electrons. The predicted octanol–water partition coefficient (Wildman–Crippen LogP) is 4.60. The zero-order valence-electron chi connectivity index (χ0n) is 11.7.